The van der Waals surface area contributed by atoms with Gasteiger partial charge in [-0.15, -0.1) is 5.10 Å². The monoisotopic (exact) mass is 853 g/mol. The van der Waals surface area contributed by atoms with Crippen molar-refractivity contribution in [2.75, 3.05) is 6.61 Å². The van der Waals surface area contributed by atoms with E-state index in [1.54, 1.807) is 12.1 Å². The molecular formula is C52H49N6O6+. The van der Waals surface area contributed by atoms with Gasteiger partial charge in [-0.25, -0.2) is 19.3 Å². The Morgan fingerprint density at radius 3 is 1.97 bits per heavy atom. The van der Waals surface area contributed by atoms with E-state index in [9.17, 15) is 9.59 Å². The number of para-hydroxylation sites is 1. The largest absolute Gasteiger partial charge is 0.511 e. The highest BCUT2D eigenvalue weighted by Crippen LogP contribution is 2.43. The molecule has 0 aliphatic heterocycles. The van der Waals surface area contributed by atoms with E-state index in [2.05, 4.69) is 83.0 Å². The summed E-state index contributed by atoms with van der Waals surface area (Å²) < 4.78 is 26.4. The number of ether oxygens (including phenoxy) is 4. The van der Waals surface area contributed by atoms with E-state index >= 15 is 0 Å². The average molecular weight is 854 g/mol. The van der Waals surface area contributed by atoms with Gasteiger partial charge in [-0.1, -0.05) is 152 Å². The second-order valence-corrected chi connectivity index (χ2v) is 15.8. The molecular weight excluding hydrogens is 805 g/mol. The molecule has 8 aromatic rings. The molecule has 0 amide bonds. The second-order valence-electron chi connectivity index (χ2n) is 15.8. The first-order valence-electron chi connectivity index (χ1n) is 21.8. The van der Waals surface area contributed by atoms with Crippen molar-refractivity contribution in [1.29, 1.82) is 0 Å². The van der Waals surface area contributed by atoms with Crippen LogP contribution in [-0.2, 0) is 26.3 Å². The number of tetrazole rings is 1. The van der Waals surface area contributed by atoms with Crippen LogP contribution in [0.4, 0.5) is 4.79 Å². The summed E-state index contributed by atoms with van der Waals surface area (Å²) in [5.74, 6) is -0.0448. The lowest BCUT2D eigenvalue weighted by Gasteiger charge is -2.36. The van der Waals surface area contributed by atoms with Gasteiger partial charge < -0.3 is 18.9 Å². The van der Waals surface area contributed by atoms with Crippen molar-refractivity contribution in [3.63, 3.8) is 0 Å². The first-order valence-corrected chi connectivity index (χ1v) is 21.8. The number of nitrogens with one attached hydrogen (secondary N) is 1. The third kappa shape index (κ3) is 8.34. The molecule has 2 aromatic heterocycles. The number of aromatic amines is 1. The molecule has 0 radical (unpaired) electrons. The molecule has 1 aliphatic rings. The van der Waals surface area contributed by atoms with Crippen LogP contribution in [-0.4, -0.2) is 56.3 Å². The van der Waals surface area contributed by atoms with Crippen LogP contribution in [0, 0.1) is 0 Å². The summed E-state index contributed by atoms with van der Waals surface area (Å²) in [4.78, 5) is 29.6. The van der Waals surface area contributed by atoms with Crippen LogP contribution in [0.2, 0.25) is 0 Å². The maximum Gasteiger partial charge on any atom is 0.511 e. The number of aromatic nitrogens is 6. The fourth-order valence-electron chi connectivity index (χ4n) is 8.89. The van der Waals surface area contributed by atoms with Crippen molar-refractivity contribution in [3.8, 4) is 28.5 Å². The van der Waals surface area contributed by atoms with Gasteiger partial charge in [0, 0.05) is 12.5 Å². The molecule has 1 saturated carbocycles. The van der Waals surface area contributed by atoms with E-state index in [1.165, 1.54) is 6.92 Å². The summed E-state index contributed by atoms with van der Waals surface area (Å²) in [6.45, 7) is 4.18. The molecule has 0 bridgehead atoms. The number of hydrogen-bond donors (Lipinski definition) is 1. The maximum absolute atomic E-state index is 13.7. The van der Waals surface area contributed by atoms with Crippen molar-refractivity contribution >= 4 is 23.2 Å². The van der Waals surface area contributed by atoms with Crippen LogP contribution >= 0.6 is 0 Å². The van der Waals surface area contributed by atoms with Crippen molar-refractivity contribution in [3.05, 3.63) is 186 Å². The molecule has 2 heterocycles. The number of carbonyl (C=O) groups excluding carboxylic acids is 2. The summed E-state index contributed by atoms with van der Waals surface area (Å²) in [7, 11) is 0. The Bertz CT molecular complexity index is 2740. The van der Waals surface area contributed by atoms with Gasteiger partial charge >= 0.3 is 18.1 Å². The molecule has 1 unspecified atom stereocenters. The maximum atomic E-state index is 13.7. The zero-order chi connectivity index (χ0) is 43.9. The van der Waals surface area contributed by atoms with E-state index in [4.69, 9.17) is 29.3 Å². The fraction of sp³-hybridized carbons (Fsp3) is 0.231. The molecule has 0 spiro atoms. The summed E-state index contributed by atoms with van der Waals surface area (Å²) in [6.07, 6.45) is 2.57. The van der Waals surface area contributed by atoms with Crippen molar-refractivity contribution in [1.82, 2.24) is 25.2 Å². The Hall–Kier alpha value is -7.60. The van der Waals surface area contributed by atoms with E-state index in [-0.39, 0.29) is 11.7 Å². The molecule has 0 saturated heterocycles. The minimum Gasteiger partial charge on any atom is -0.431 e. The molecule has 6 aromatic carbocycles. The molecule has 1 fully saturated rings. The number of carbonyl (C=O) groups is 2. The van der Waals surface area contributed by atoms with E-state index in [1.807, 2.05) is 89.0 Å². The summed E-state index contributed by atoms with van der Waals surface area (Å²) in [5.41, 5.74) is 7.42. The average Bonchev–Trinajstić information content (AvgIpc) is 3.96. The minimum atomic E-state index is -1.16. The topological polar surface area (TPSA) is 134 Å². The first kappa shape index (κ1) is 41.7. The Balaban J connectivity index is 1.03. The van der Waals surface area contributed by atoms with Gasteiger partial charge in [0.2, 0.25) is 6.29 Å². The number of rotatable bonds is 14. The van der Waals surface area contributed by atoms with E-state index < -0.39 is 24.0 Å². The molecule has 1 atom stereocenters. The van der Waals surface area contributed by atoms with Crippen LogP contribution in [0.25, 0.3) is 33.5 Å². The Morgan fingerprint density at radius 2 is 1.34 bits per heavy atom. The number of imidazole rings is 1. The third-order valence-corrected chi connectivity index (χ3v) is 11.8. The highest BCUT2D eigenvalue weighted by atomic mass is 16.8. The summed E-state index contributed by atoms with van der Waals surface area (Å²) >= 11 is 0. The number of H-pyrrole nitrogens is 1. The van der Waals surface area contributed by atoms with Crippen LogP contribution in [0.5, 0.6) is 6.01 Å². The van der Waals surface area contributed by atoms with Crippen LogP contribution in [0.15, 0.2) is 158 Å². The molecule has 322 valence electrons. The van der Waals surface area contributed by atoms with E-state index in [0.717, 1.165) is 71.0 Å². The van der Waals surface area contributed by atoms with Crippen LogP contribution in [0.3, 0.4) is 0 Å². The quantitative estimate of drug-likeness (QED) is 0.0491. The molecule has 9 rings (SSSR count). The highest BCUT2D eigenvalue weighted by Gasteiger charge is 2.42. The number of hydrogen-bond acceptors (Lipinski definition) is 9. The fourth-order valence-corrected chi connectivity index (χ4v) is 8.89. The lowest BCUT2D eigenvalue weighted by Crippen LogP contribution is -2.39. The number of esters is 1. The molecule has 1 aliphatic carbocycles. The lowest BCUT2D eigenvalue weighted by atomic mass is 9.77. The first-order chi connectivity index (χ1) is 31.4. The standard InChI is InChI=1S/C52H48N6O6/c1-3-61-50-53-46-30-18-29-45(49(59)62-36(2)63-51(60)64-42-25-14-7-15-26-42)47(46)57(50)35-37-31-33-38(34-32-37)43-27-16-17-28-44(43)48-54-55-56-58(48)52(39-19-8-4-9-20-39,40-21-10-5-11-22-40)41-23-12-6-13-24-41/h4-6,8-13,16-24,27-34,36,42H,3,7,14-15,25-26,35H2,1-2H3/p+1. The Kier molecular flexibility index (Phi) is 12.3. The SMILES string of the molecule is CCOc1[nH]c2cccc(C(=O)OC(C)OC(=O)OC3CCCCC3)c2[n+]1Cc1ccc(-c2ccccc2-c2nnnn2C(c2ccccc2)(c2ccccc2)c2ccccc2)cc1. The van der Waals surface area contributed by atoms with Crippen molar-refractivity contribution < 1.29 is 33.1 Å². The number of benzene rings is 6. The van der Waals surface area contributed by atoms with Gasteiger partial charge in [0.25, 0.3) is 0 Å². The normalized spacial score (nSPS) is 13.6. The zero-order valence-corrected chi connectivity index (χ0v) is 35.8. The van der Waals surface area contributed by atoms with Gasteiger partial charge in [-0.05, 0) is 88.5 Å². The minimum absolute atomic E-state index is 0.179. The van der Waals surface area contributed by atoms with Crippen LogP contribution < -0.4 is 9.30 Å². The van der Waals surface area contributed by atoms with Gasteiger partial charge in [0.15, 0.2) is 16.9 Å². The smallest absolute Gasteiger partial charge is 0.431 e. The van der Waals surface area contributed by atoms with Gasteiger partial charge in [0.05, 0.1) is 6.61 Å². The van der Waals surface area contributed by atoms with Crippen molar-refractivity contribution in [2.45, 2.75) is 70.4 Å². The highest BCUT2D eigenvalue weighted by molar-refractivity contribution is 6.00. The molecule has 1 N–H and O–H groups in total. The third-order valence-electron chi connectivity index (χ3n) is 11.8. The van der Waals surface area contributed by atoms with Crippen molar-refractivity contribution in [2.24, 2.45) is 0 Å². The zero-order valence-electron chi connectivity index (χ0n) is 35.8. The van der Waals surface area contributed by atoms with Gasteiger partial charge in [0.1, 0.15) is 23.8 Å². The second kappa shape index (κ2) is 18.8. The Labute approximate surface area is 371 Å². The van der Waals surface area contributed by atoms with Gasteiger partial charge in [-0.3, -0.25) is 0 Å². The summed E-state index contributed by atoms with van der Waals surface area (Å²) in [6, 6.07) is 53.3. The molecule has 64 heavy (non-hydrogen) atoms. The molecule has 12 heteroatoms. The predicted molar refractivity (Wildman–Crippen MR) is 241 cm³/mol. The lowest BCUT2D eigenvalue weighted by molar-refractivity contribution is -0.668. The van der Waals surface area contributed by atoms with Gasteiger partial charge in [-0.2, -0.15) is 4.57 Å². The predicted octanol–water partition coefficient (Wildman–Crippen LogP) is 10.1. The van der Waals surface area contributed by atoms with E-state index in [0.29, 0.717) is 36.0 Å². The number of fused-ring (bicyclic) bond motifs is 1. The Morgan fingerprint density at radius 1 is 0.734 bits per heavy atom. The number of nitrogens with zero attached hydrogens (tertiary/aromatic N) is 5. The molecule has 12 nitrogen and oxygen atoms in total. The summed E-state index contributed by atoms with van der Waals surface area (Å²) in [5, 5.41) is 13.8. The van der Waals surface area contributed by atoms with Crippen LogP contribution in [0.1, 0.15) is 78.6 Å².